The van der Waals surface area contributed by atoms with E-state index < -0.39 is 0 Å². The van der Waals surface area contributed by atoms with Gasteiger partial charge in [0.2, 0.25) is 5.91 Å². The summed E-state index contributed by atoms with van der Waals surface area (Å²) in [4.78, 5) is 14.2. The summed E-state index contributed by atoms with van der Waals surface area (Å²) in [6, 6.07) is 8.15. The van der Waals surface area contributed by atoms with Crippen molar-refractivity contribution in [3.63, 3.8) is 0 Å². The minimum absolute atomic E-state index is 0.112. The highest BCUT2D eigenvalue weighted by atomic mass is 16.5. The zero-order chi connectivity index (χ0) is 13.7. The van der Waals surface area contributed by atoms with Crippen LogP contribution in [0, 0.1) is 6.92 Å². The molecule has 0 spiro atoms. The van der Waals surface area contributed by atoms with Crippen molar-refractivity contribution in [3.8, 4) is 0 Å². The van der Waals surface area contributed by atoms with E-state index in [-0.39, 0.29) is 12.0 Å². The lowest BCUT2D eigenvalue weighted by atomic mass is 10.1. The van der Waals surface area contributed by atoms with Crippen molar-refractivity contribution < 1.29 is 9.53 Å². The van der Waals surface area contributed by atoms with E-state index in [1.165, 1.54) is 5.56 Å². The summed E-state index contributed by atoms with van der Waals surface area (Å²) in [5, 5.41) is 3.09. The van der Waals surface area contributed by atoms with Gasteiger partial charge < -0.3 is 15.0 Å². The molecular weight excluding hydrogens is 240 g/mol. The van der Waals surface area contributed by atoms with Crippen LogP contribution in [-0.4, -0.2) is 50.2 Å². The first-order valence-electron chi connectivity index (χ1n) is 6.78. The second kappa shape index (κ2) is 6.68. The number of nitrogens with one attached hydrogen (secondary N) is 1. The van der Waals surface area contributed by atoms with Gasteiger partial charge in [-0.15, -0.1) is 0 Å². The zero-order valence-corrected chi connectivity index (χ0v) is 11.7. The van der Waals surface area contributed by atoms with Gasteiger partial charge in [-0.05, 0) is 19.5 Å². The summed E-state index contributed by atoms with van der Waals surface area (Å²) in [6.07, 6.45) is 0.590. The molecule has 4 nitrogen and oxygen atoms in total. The lowest BCUT2D eigenvalue weighted by Gasteiger charge is -2.33. The number of hydrogen-bond acceptors (Lipinski definition) is 3. The number of nitrogens with zero attached hydrogens (tertiary/aromatic N) is 1. The first-order chi connectivity index (χ1) is 9.19. The molecule has 1 aromatic rings. The highest BCUT2D eigenvalue weighted by Crippen LogP contribution is 2.09. The average molecular weight is 262 g/mol. The Morgan fingerprint density at radius 2 is 2.16 bits per heavy atom. The first kappa shape index (κ1) is 14.0. The van der Waals surface area contributed by atoms with Crippen LogP contribution in [0.5, 0.6) is 0 Å². The van der Waals surface area contributed by atoms with Gasteiger partial charge in [0.15, 0.2) is 0 Å². The largest absolute Gasteiger partial charge is 0.373 e. The minimum Gasteiger partial charge on any atom is -0.373 e. The van der Waals surface area contributed by atoms with Crippen molar-refractivity contribution in [2.24, 2.45) is 0 Å². The fourth-order valence-corrected chi connectivity index (χ4v) is 2.29. The Balaban J connectivity index is 1.90. The molecule has 1 aliphatic rings. The van der Waals surface area contributed by atoms with Crippen molar-refractivity contribution in [1.82, 2.24) is 10.2 Å². The maximum Gasteiger partial charge on any atom is 0.227 e. The monoisotopic (exact) mass is 262 g/mol. The van der Waals surface area contributed by atoms with Gasteiger partial charge in [-0.25, -0.2) is 0 Å². The molecule has 1 aliphatic heterocycles. The Kier molecular flexibility index (Phi) is 4.93. The van der Waals surface area contributed by atoms with E-state index in [1.54, 1.807) is 0 Å². The number of likely N-dealkylation sites (N-methyl/N-ethyl adjacent to an activating group) is 1. The first-order valence-corrected chi connectivity index (χ1v) is 6.78. The molecule has 0 bridgehead atoms. The molecule has 1 fully saturated rings. The second-order valence-corrected chi connectivity index (χ2v) is 5.05. The van der Waals surface area contributed by atoms with E-state index in [1.807, 2.05) is 36.2 Å². The summed E-state index contributed by atoms with van der Waals surface area (Å²) in [6.45, 7) is 4.85. The number of benzene rings is 1. The lowest BCUT2D eigenvalue weighted by molar-refractivity contribution is -0.137. The summed E-state index contributed by atoms with van der Waals surface area (Å²) < 4.78 is 5.61. The van der Waals surface area contributed by atoms with E-state index in [2.05, 4.69) is 12.2 Å². The van der Waals surface area contributed by atoms with Crippen molar-refractivity contribution in [1.29, 1.82) is 0 Å². The van der Waals surface area contributed by atoms with Gasteiger partial charge in [-0.1, -0.05) is 29.8 Å². The molecule has 1 saturated heterocycles. The van der Waals surface area contributed by atoms with Gasteiger partial charge >= 0.3 is 0 Å². The molecule has 1 N–H and O–H groups in total. The third-order valence-electron chi connectivity index (χ3n) is 3.40. The molecule has 1 unspecified atom stereocenters. The van der Waals surface area contributed by atoms with Crippen LogP contribution < -0.4 is 5.32 Å². The fourth-order valence-electron chi connectivity index (χ4n) is 2.29. The number of carbonyl (C=O) groups excluding carboxylic acids is 1. The van der Waals surface area contributed by atoms with Gasteiger partial charge in [0.25, 0.3) is 0 Å². The lowest BCUT2D eigenvalue weighted by Crippen LogP contribution is -2.49. The van der Waals surface area contributed by atoms with Gasteiger partial charge in [0.05, 0.1) is 19.1 Å². The maximum atomic E-state index is 12.3. The normalized spacial score (nSPS) is 19.5. The van der Waals surface area contributed by atoms with Crippen LogP contribution in [0.2, 0.25) is 0 Å². The van der Waals surface area contributed by atoms with Crippen molar-refractivity contribution in [2.75, 3.05) is 33.3 Å². The molecule has 0 saturated carbocycles. The molecular formula is C15H22N2O2. The molecule has 1 aromatic carbocycles. The Hall–Kier alpha value is -1.39. The van der Waals surface area contributed by atoms with E-state index in [4.69, 9.17) is 4.74 Å². The van der Waals surface area contributed by atoms with Gasteiger partial charge in [-0.2, -0.15) is 0 Å². The number of carbonyl (C=O) groups is 1. The second-order valence-electron chi connectivity index (χ2n) is 5.05. The van der Waals surface area contributed by atoms with Gasteiger partial charge in [-0.3, -0.25) is 4.79 Å². The summed E-state index contributed by atoms with van der Waals surface area (Å²) in [5.74, 6) is 0.188. The quantitative estimate of drug-likeness (QED) is 0.879. The molecule has 4 heteroatoms. The van der Waals surface area contributed by atoms with Crippen LogP contribution in [0.3, 0.4) is 0 Å². The molecule has 19 heavy (non-hydrogen) atoms. The van der Waals surface area contributed by atoms with E-state index >= 15 is 0 Å². The van der Waals surface area contributed by atoms with E-state index in [0.29, 0.717) is 26.1 Å². The molecule has 0 radical (unpaired) electrons. The van der Waals surface area contributed by atoms with Gasteiger partial charge in [0, 0.05) is 19.6 Å². The molecule has 104 valence electrons. The summed E-state index contributed by atoms with van der Waals surface area (Å²) in [5.41, 5.74) is 2.30. The number of ether oxygens (including phenoxy) is 1. The molecule has 1 heterocycles. The minimum atomic E-state index is 0.112. The molecule has 2 rings (SSSR count). The fraction of sp³-hybridized carbons (Fsp3) is 0.533. The number of amides is 1. The number of aryl methyl sites for hydroxylation is 1. The SMILES string of the molecule is CNCC1CN(C(=O)Cc2ccc(C)cc2)CCO1. The molecule has 1 amide bonds. The Labute approximate surface area is 114 Å². The van der Waals surface area contributed by atoms with Gasteiger partial charge in [0.1, 0.15) is 0 Å². The predicted molar refractivity (Wildman–Crippen MR) is 75.1 cm³/mol. The zero-order valence-electron chi connectivity index (χ0n) is 11.7. The van der Waals surface area contributed by atoms with E-state index in [0.717, 1.165) is 12.1 Å². The molecule has 1 atom stereocenters. The van der Waals surface area contributed by atoms with Crippen LogP contribution in [0.25, 0.3) is 0 Å². The number of hydrogen-bond donors (Lipinski definition) is 1. The Morgan fingerprint density at radius 3 is 2.84 bits per heavy atom. The maximum absolute atomic E-state index is 12.3. The van der Waals surface area contributed by atoms with Crippen LogP contribution in [-0.2, 0) is 16.0 Å². The number of morpholine rings is 1. The van der Waals surface area contributed by atoms with E-state index in [9.17, 15) is 4.79 Å². The summed E-state index contributed by atoms with van der Waals surface area (Å²) >= 11 is 0. The predicted octanol–water partition coefficient (Wildman–Crippen LogP) is 0.984. The van der Waals surface area contributed by atoms with Crippen LogP contribution in [0.1, 0.15) is 11.1 Å². The highest BCUT2D eigenvalue weighted by Gasteiger charge is 2.23. The molecule has 0 aliphatic carbocycles. The number of rotatable bonds is 4. The van der Waals surface area contributed by atoms with Crippen LogP contribution in [0.4, 0.5) is 0 Å². The Morgan fingerprint density at radius 1 is 1.42 bits per heavy atom. The van der Waals surface area contributed by atoms with Crippen LogP contribution >= 0.6 is 0 Å². The van der Waals surface area contributed by atoms with Crippen LogP contribution in [0.15, 0.2) is 24.3 Å². The highest BCUT2D eigenvalue weighted by molar-refractivity contribution is 5.78. The van der Waals surface area contributed by atoms with Crippen molar-refractivity contribution >= 4 is 5.91 Å². The van der Waals surface area contributed by atoms with Crippen molar-refractivity contribution in [3.05, 3.63) is 35.4 Å². The third-order valence-corrected chi connectivity index (χ3v) is 3.40. The third kappa shape index (κ3) is 4.04. The molecule has 0 aromatic heterocycles. The average Bonchev–Trinajstić information content (AvgIpc) is 2.42. The Bertz CT molecular complexity index is 415. The topological polar surface area (TPSA) is 41.6 Å². The standard InChI is InChI=1S/C15H22N2O2/c1-12-3-5-13(6-4-12)9-15(18)17-7-8-19-14(11-17)10-16-2/h3-6,14,16H,7-11H2,1-2H3. The summed E-state index contributed by atoms with van der Waals surface area (Å²) in [7, 11) is 1.90. The van der Waals surface area contributed by atoms with Crippen molar-refractivity contribution in [2.45, 2.75) is 19.4 Å². The smallest absolute Gasteiger partial charge is 0.227 e.